The van der Waals surface area contributed by atoms with Crippen molar-refractivity contribution < 1.29 is 14.1 Å². The van der Waals surface area contributed by atoms with Gasteiger partial charge >= 0.3 is 0 Å². The number of ketones is 1. The molecule has 0 bridgehead atoms. The topological polar surface area (TPSA) is 60.2 Å². The van der Waals surface area contributed by atoms with Crippen LogP contribution in [-0.4, -0.2) is 10.7 Å². The van der Waals surface area contributed by atoms with E-state index in [0.29, 0.717) is 0 Å². The summed E-state index contributed by atoms with van der Waals surface area (Å²) >= 11 is 1.43. The lowest BCUT2D eigenvalue weighted by Crippen LogP contribution is -2.07. The Morgan fingerprint density at radius 3 is 2.78 bits per heavy atom. The minimum atomic E-state index is -0.680. The van der Waals surface area contributed by atoms with Crippen LogP contribution in [0.2, 0.25) is 0 Å². The average molecular weight is 265 g/mol. The van der Waals surface area contributed by atoms with Gasteiger partial charge in [-0.25, -0.2) is 4.39 Å². The van der Waals surface area contributed by atoms with E-state index < -0.39 is 16.5 Å². The van der Waals surface area contributed by atoms with E-state index in [1.807, 2.05) is 5.38 Å². The molecule has 2 rings (SSSR count). The van der Waals surface area contributed by atoms with Crippen LogP contribution < -0.4 is 0 Å². The summed E-state index contributed by atoms with van der Waals surface area (Å²) in [6, 6.07) is 4.65. The van der Waals surface area contributed by atoms with E-state index in [1.165, 1.54) is 11.3 Å². The number of carbonyl (C=O) groups excluding carboxylic acids is 1. The summed E-state index contributed by atoms with van der Waals surface area (Å²) in [5, 5.41) is 14.4. The van der Waals surface area contributed by atoms with E-state index in [2.05, 4.69) is 0 Å². The highest BCUT2D eigenvalue weighted by atomic mass is 32.1. The van der Waals surface area contributed by atoms with E-state index in [4.69, 9.17) is 0 Å². The predicted molar refractivity (Wildman–Crippen MR) is 65.4 cm³/mol. The van der Waals surface area contributed by atoms with E-state index in [9.17, 15) is 19.3 Å². The van der Waals surface area contributed by atoms with Crippen molar-refractivity contribution in [1.82, 2.24) is 0 Å². The van der Waals surface area contributed by atoms with Crippen LogP contribution in [0.15, 0.2) is 35.0 Å². The molecule has 0 unspecified atom stereocenters. The summed E-state index contributed by atoms with van der Waals surface area (Å²) < 4.78 is 13.1. The molecule has 4 nitrogen and oxygen atoms in total. The molecule has 0 saturated carbocycles. The molecule has 1 aromatic heterocycles. The zero-order chi connectivity index (χ0) is 13.1. The van der Waals surface area contributed by atoms with Gasteiger partial charge in [-0.3, -0.25) is 14.9 Å². The van der Waals surface area contributed by atoms with Crippen LogP contribution in [0.3, 0.4) is 0 Å². The number of halogens is 1. The average Bonchev–Trinajstić information content (AvgIpc) is 2.81. The maximum absolute atomic E-state index is 13.1. The largest absolute Gasteiger partial charge is 0.294 e. The van der Waals surface area contributed by atoms with E-state index >= 15 is 0 Å². The lowest BCUT2D eigenvalue weighted by molar-refractivity contribution is -0.385. The monoisotopic (exact) mass is 265 g/mol. The Hall–Kier alpha value is -2.08. The molecule has 92 valence electrons. The minimum Gasteiger partial charge on any atom is -0.294 e. The number of nitro benzene ring substituents is 1. The van der Waals surface area contributed by atoms with Gasteiger partial charge in [-0.05, 0) is 34.5 Å². The molecule has 0 saturated heterocycles. The number of carbonyl (C=O) groups is 1. The molecule has 0 N–H and O–H groups in total. The summed E-state index contributed by atoms with van der Waals surface area (Å²) in [6.45, 7) is 0. The maximum Gasteiger partial charge on any atom is 0.280 e. The van der Waals surface area contributed by atoms with E-state index in [1.54, 1.807) is 11.4 Å². The van der Waals surface area contributed by atoms with Gasteiger partial charge in [0.25, 0.3) is 5.69 Å². The maximum atomic E-state index is 13.1. The van der Waals surface area contributed by atoms with Crippen molar-refractivity contribution in [3.8, 4) is 0 Å². The normalized spacial score (nSPS) is 10.3. The smallest absolute Gasteiger partial charge is 0.280 e. The number of nitrogens with zero attached hydrogens (tertiary/aromatic N) is 1. The van der Waals surface area contributed by atoms with Gasteiger partial charge in [0, 0.05) is 12.5 Å². The number of rotatable bonds is 4. The summed E-state index contributed by atoms with van der Waals surface area (Å²) in [6.07, 6.45) is 0.0355. The van der Waals surface area contributed by atoms with Crippen LogP contribution in [0.5, 0.6) is 0 Å². The first-order chi connectivity index (χ1) is 8.58. The Bertz CT molecular complexity index is 595. The van der Waals surface area contributed by atoms with Gasteiger partial charge in [-0.2, -0.15) is 11.3 Å². The van der Waals surface area contributed by atoms with Gasteiger partial charge in [0.2, 0.25) is 0 Å². The predicted octanol–water partition coefficient (Wildman–Crippen LogP) is 3.22. The number of thiophene rings is 1. The van der Waals surface area contributed by atoms with Crippen LogP contribution in [0, 0.1) is 15.9 Å². The number of benzene rings is 1. The molecule has 1 heterocycles. The first-order valence-electron chi connectivity index (χ1n) is 5.06. The summed E-state index contributed by atoms with van der Waals surface area (Å²) in [5.74, 6) is -1.12. The minimum absolute atomic E-state index is 0.0355. The van der Waals surface area contributed by atoms with Crippen LogP contribution in [-0.2, 0) is 6.42 Å². The Labute approximate surface area is 106 Å². The van der Waals surface area contributed by atoms with Crippen molar-refractivity contribution in [3.63, 3.8) is 0 Å². The van der Waals surface area contributed by atoms with Crippen molar-refractivity contribution in [2.24, 2.45) is 0 Å². The summed E-state index contributed by atoms with van der Waals surface area (Å²) in [4.78, 5) is 22.0. The first kappa shape index (κ1) is 12.4. The summed E-state index contributed by atoms with van der Waals surface area (Å²) in [5.41, 5.74) is 0.214. The fraction of sp³-hybridized carbons (Fsp3) is 0.0833. The zero-order valence-corrected chi connectivity index (χ0v) is 9.95. The fourth-order valence-corrected chi connectivity index (χ4v) is 2.23. The van der Waals surface area contributed by atoms with Gasteiger partial charge in [0.05, 0.1) is 10.5 Å². The number of hydrogen-bond donors (Lipinski definition) is 0. The van der Waals surface area contributed by atoms with Gasteiger partial charge in [0.15, 0.2) is 5.78 Å². The second-order valence-electron chi connectivity index (χ2n) is 3.65. The zero-order valence-electron chi connectivity index (χ0n) is 9.13. The Kier molecular flexibility index (Phi) is 3.47. The van der Waals surface area contributed by atoms with Crippen molar-refractivity contribution in [1.29, 1.82) is 0 Å². The highest BCUT2D eigenvalue weighted by molar-refractivity contribution is 7.08. The number of nitro groups is 1. The molecule has 0 spiro atoms. The van der Waals surface area contributed by atoms with Crippen LogP contribution in [0.4, 0.5) is 10.1 Å². The Balaban J connectivity index is 2.34. The van der Waals surface area contributed by atoms with Gasteiger partial charge in [-0.1, -0.05) is 0 Å². The molecular weight excluding hydrogens is 257 g/mol. The molecular formula is C12H8FNO3S. The highest BCUT2D eigenvalue weighted by Gasteiger charge is 2.20. The van der Waals surface area contributed by atoms with Gasteiger partial charge in [-0.15, -0.1) is 0 Å². The van der Waals surface area contributed by atoms with Crippen molar-refractivity contribution in [2.75, 3.05) is 0 Å². The number of Topliss-reactive ketones (excluding diaryl/α,β-unsaturated/α-hetero) is 1. The van der Waals surface area contributed by atoms with E-state index in [0.717, 1.165) is 23.8 Å². The quantitative estimate of drug-likeness (QED) is 0.484. The lowest BCUT2D eigenvalue weighted by atomic mass is 10.0. The molecule has 6 heteroatoms. The lowest BCUT2D eigenvalue weighted by Gasteiger charge is -2.01. The van der Waals surface area contributed by atoms with E-state index in [-0.39, 0.29) is 17.7 Å². The van der Waals surface area contributed by atoms with Crippen molar-refractivity contribution in [2.45, 2.75) is 6.42 Å². The van der Waals surface area contributed by atoms with Crippen LogP contribution >= 0.6 is 11.3 Å². The molecule has 0 aliphatic heterocycles. The molecule has 18 heavy (non-hydrogen) atoms. The SMILES string of the molecule is O=C(Cc1ccsc1)c1cc(F)ccc1[N+](=O)[O-]. The highest BCUT2D eigenvalue weighted by Crippen LogP contribution is 2.22. The van der Waals surface area contributed by atoms with Gasteiger partial charge < -0.3 is 0 Å². The van der Waals surface area contributed by atoms with Crippen molar-refractivity contribution in [3.05, 3.63) is 62.1 Å². The standard InChI is InChI=1S/C12H8FNO3S/c13-9-1-2-11(14(16)17)10(6-9)12(15)5-8-3-4-18-7-8/h1-4,6-7H,5H2. The Morgan fingerprint density at radius 1 is 1.39 bits per heavy atom. The summed E-state index contributed by atoms with van der Waals surface area (Å²) in [7, 11) is 0. The molecule has 0 fully saturated rings. The first-order valence-corrected chi connectivity index (χ1v) is 6.00. The Morgan fingerprint density at radius 2 is 2.17 bits per heavy atom. The molecule has 0 radical (unpaired) electrons. The van der Waals surface area contributed by atoms with Gasteiger partial charge in [0.1, 0.15) is 5.82 Å². The third-order valence-corrected chi connectivity index (χ3v) is 3.13. The van der Waals surface area contributed by atoms with Crippen LogP contribution in [0.25, 0.3) is 0 Å². The molecule has 2 aromatic rings. The second-order valence-corrected chi connectivity index (χ2v) is 4.43. The van der Waals surface area contributed by atoms with Crippen LogP contribution in [0.1, 0.15) is 15.9 Å². The third-order valence-electron chi connectivity index (χ3n) is 2.40. The molecule has 0 amide bonds. The molecule has 0 atom stereocenters. The third kappa shape index (κ3) is 2.60. The number of hydrogen-bond acceptors (Lipinski definition) is 4. The molecule has 1 aromatic carbocycles. The molecule has 0 aliphatic carbocycles. The fourth-order valence-electron chi connectivity index (χ4n) is 1.56. The molecule has 0 aliphatic rings. The second kappa shape index (κ2) is 5.05. The van der Waals surface area contributed by atoms with Crippen molar-refractivity contribution >= 4 is 22.8 Å².